The summed E-state index contributed by atoms with van der Waals surface area (Å²) in [5.41, 5.74) is -0.0868. The molecule has 0 bridgehead atoms. The molecule has 1 N–H and O–H groups in total. The third kappa shape index (κ3) is 5.38. The highest BCUT2D eigenvalue weighted by Gasteiger charge is 2.46. The predicted molar refractivity (Wildman–Crippen MR) is 116 cm³/mol. The highest BCUT2D eigenvalue weighted by atomic mass is 19.4. The van der Waals surface area contributed by atoms with Crippen LogP contribution in [0.5, 0.6) is 0 Å². The van der Waals surface area contributed by atoms with Gasteiger partial charge >= 0.3 is 6.18 Å². The van der Waals surface area contributed by atoms with E-state index in [9.17, 15) is 26.7 Å². The van der Waals surface area contributed by atoms with Gasteiger partial charge in [0.05, 0.1) is 25.0 Å². The molecule has 4 heterocycles. The van der Waals surface area contributed by atoms with Crippen LogP contribution < -0.4 is 5.32 Å². The molecule has 0 aromatic carbocycles. The quantitative estimate of drug-likeness (QED) is 0.541. The van der Waals surface area contributed by atoms with Gasteiger partial charge in [-0.3, -0.25) is 14.5 Å². The lowest BCUT2D eigenvalue weighted by Crippen LogP contribution is -2.57. The first-order valence-electron chi connectivity index (χ1n) is 10.7. The highest BCUT2D eigenvalue weighted by molar-refractivity contribution is 5.99. The van der Waals surface area contributed by atoms with Gasteiger partial charge in [0.2, 0.25) is 0 Å². The Labute approximate surface area is 197 Å². The Balaban J connectivity index is 1.60. The summed E-state index contributed by atoms with van der Waals surface area (Å²) in [5, 5.41) is 7.05. The molecule has 8 nitrogen and oxygen atoms in total. The fourth-order valence-corrected chi connectivity index (χ4v) is 4.17. The molecule has 1 saturated heterocycles. The summed E-state index contributed by atoms with van der Waals surface area (Å²) >= 11 is 0. The second-order valence-electron chi connectivity index (χ2n) is 8.51. The molecular weight excluding hydrogens is 473 g/mol. The molecule has 1 amide bonds. The van der Waals surface area contributed by atoms with Crippen molar-refractivity contribution in [2.24, 2.45) is 13.0 Å². The first kappa shape index (κ1) is 24.5. The van der Waals surface area contributed by atoms with Crippen LogP contribution in [-0.4, -0.2) is 60.6 Å². The van der Waals surface area contributed by atoms with Crippen LogP contribution in [0.3, 0.4) is 0 Å². The van der Waals surface area contributed by atoms with Crippen molar-refractivity contribution in [2.45, 2.75) is 31.5 Å². The molecule has 2 atom stereocenters. The van der Waals surface area contributed by atoms with Crippen LogP contribution in [0.15, 0.2) is 43.1 Å². The van der Waals surface area contributed by atoms with E-state index in [1.165, 1.54) is 4.68 Å². The number of nitrogens with zero attached hydrogens (tertiary/aromatic N) is 6. The molecule has 1 aliphatic heterocycles. The molecule has 0 aliphatic carbocycles. The van der Waals surface area contributed by atoms with Crippen molar-refractivity contribution in [1.29, 1.82) is 0 Å². The van der Waals surface area contributed by atoms with Crippen molar-refractivity contribution in [2.75, 3.05) is 18.4 Å². The van der Waals surface area contributed by atoms with Crippen molar-refractivity contribution >= 4 is 11.7 Å². The minimum atomic E-state index is -4.63. The third-order valence-corrected chi connectivity index (χ3v) is 5.78. The maximum atomic E-state index is 14.5. The van der Waals surface area contributed by atoms with Crippen LogP contribution in [0.4, 0.5) is 27.8 Å². The Hall–Kier alpha value is -3.64. The normalized spacial score (nSPS) is 20.0. The number of rotatable bonds is 5. The number of alkyl halides is 5. The molecular formula is C22H22F5N7O. The predicted octanol–water partition coefficient (Wildman–Crippen LogP) is 3.89. The summed E-state index contributed by atoms with van der Waals surface area (Å²) < 4.78 is 68.7. The van der Waals surface area contributed by atoms with E-state index in [0.717, 1.165) is 11.1 Å². The molecule has 3 aromatic rings. The van der Waals surface area contributed by atoms with Crippen molar-refractivity contribution in [3.05, 3.63) is 54.5 Å². The second kappa shape index (κ2) is 9.19. The SMILES string of the molecule is C[C@@H]1CC(F)(F)CN(C(=O)c2nn(C)cc2-c2cccnc2)[C@@H]1CNc1cnc(C(F)(F)F)cn1. The summed E-state index contributed by atoms with van der Waals surface area (Å²) in [5.74, 6) is -4.38. The Morgan fingerprint density at radius 3 is 2.63 bits per heavy atom. The first-order valence-corrected chi connectivity index (χ1v) is 10.7. The Morgan fingerprint density at radius 1 is 1.23 bits per heavy atom. The minimum absolute atomic E-state index is 0.00437. The van der Waals surface area contributed by atoms with E-state index in [2.05, 4.69) is 25.4 Å². The number of carbonyl (C=O) groups is 1. The maximum Gasteiger partial charge on any atom is 0.434 e. The van der Waals surface area contributed by atoms with Crippen molar-refractivity contribution < 1.29 is 26.7 Å². The molecule has 0 radical (unpaired) electrons. The summed E-state index contributed by atoms with van der Waals surface area (Å²) in [6.45, 7) is 0.765. The van der Waals surface area contributed by atoms with Crippen molar-refractivity contribution in [1.82, 2.24) is 29.6 Å². The molecule has 0 spiro atoms. The molecule has 35 heavy (non-hydrogen) atoms. The molecule has 0 saturated carbocycles. The van der Waals surface area contributed by atoms with Gasteiger partial charge in [0.1, 0.15) is 5.82 Å². The number of likely N-dealkylation sites (tertiary alicyclic amines) is 1. The molecule has 13 heteroatoms. The zero-order chi connectivity index (χ0) is 25.4. The second-order valence-corrected chi connectivity index (χ2v) is 8.51. The van der Waals surface area contributed by atoms with E-state index in [0.29, 0.717) is 17.3 Å². The summed E-state index contributed by atoms with van der Waals surface area (Å²) in [7, 11) is 1.62. The average molecular weight is 495 g/mol. The standard InChI is InChI=1S/C22H22F5N7O/c1-13-6-21(23,24)12-34(16(13)8-30-18-10-29-17(9-31-18)22(25,26)27)20(35)19-15(11-33(2)32-19)14-4-3-5-28-7-14/h3-5,7,9-11,13,16H,6,8,12H2,1-2H3,(H,30,31)/t13-,16-/m1/s1. The zero-order valence-corrected chi connectivity index (χ0v) is 18.8. The Kier molecular flexibility index (Phi) is 6.43. The number of aromatic nitrogens is 5. The fraction of sp³-hybridized carbons (Fsp3) is 0.409. The van der Waals surface area contributed by atoms with Gasteiger partial charge in [-0.15, -0.1) is 0 Å². The lowest BCUT2D eigenvalue weighted by atomic mass is 9.88. The van der Waals surface area contributed by atoms with Gasteiger partial charge in [0.25, 0.3) is 11.8 Å². The van der Waals surface area contributed by atoms with Gasteiger partial charge < -0.3 is 10.2 Å². The van der Waals surface area contributed by atoms with Crippen LogP contribution in [0.2, 0.25) is 0 Å². The van der Waals surface area contributed by atoms with E-state index in [1.54, 1.807) is 44.7 Å². The van der Waals surface area contributed by atoms with Gasteiger partial charge in [0, 0.05) is 49.7 Å². The Bertz CT molecular complexity index is 1180. The summed E-state index contributed by atoms with van der Waals surface area (Å²) in [4.78, 5) is 25.7. The van der Waals surface area contributed by atoms with Gasteiger partial charge in [0.15, 0.2) is 11.4 Å². The molecule has 186 valence electrons. The van der Waals surface area contributed by atoms with Crippen LogP contribution in [-0.2, 0) is 13.2 Å². The van der Waals surface area contributed by atoms with Crippen molar-refractivity contribution in [3.63, 3.8) is 0 Å². The van der Waals surface area contributed by atoms with E-state index >= 15 is 0 Å². The molecule has 3 aromatic heterocycles. The number of nitrogens with one attached hydrogen (secondary N) is 1. The first-order chi connectivity index (χ1) is 16.4. The third-order valence-electron chi connectivity index (χ3n) is 5.78. The van der Waals surface area contributed by atoms with Crippen LogP contribution >= 0.6 is 0 Å². The van der Waals surface area contributed by atoms with Crippen molar-refractivity contribution in [3.8, 4) is 11.1 Å². The number of anilines is 1. The number of pyridine rings is 1. The van der Waals surface area contributed by atoms with Gasteiger partial charge in [-0.1, -0.05) is 13.0 Å². The number of hydrogen-bond acceptors (Lipinski definition) is 6. The summed E-state index contributed by atoms with van der Waals surface area (Å²) in [6, 6.07) is 2.72. The number of aryl methyl sites for hydroxylation is 1. The van der Waals surface area contributed by atoms with Gasteiger partial charge in [-0.05, 0) is 12.0 Å². The monoisotopic (exact) mass is 495 g/mol. The average Bonchev–Trinajstić information content (AvgIpc) is 3.19. The molecule has 4 rings (SSSR count). The van der Waals surface area contributed by atoms with Crippen LogP contribution in [0, 0.1) is 5.92 Å². The molecule has 0 unspecified atom stereocenters. The van der Waals surface area contributed by atoms with E-state index < -0.39 is 48.6 Å². The van der Waals surface area contributed by atoms with E-state index in [4.69, 9.17) is 0 Å². The van der Waals surface area contributed by atoms with Gasteiger partial charge in [-0.25, -0.2) is 18.7 Å². The lowest BCUT2D eigenvalue weighted by Gasteiger charge is -2.43. The van der Waals surface area contributed by atoms with Crippen LogP contribution in [0.25, 0.3) is 11.1 Å². The van der Waals surface area contributed by atoms with Gasteiger partial charge in [-0.2, -0.15) is 18.3 Å². The summed E-state index contributed by atoms with van der Waals surface area (Å²) in [6.07, 6.45) is 1.14. The minimum Gasteiger partial charge on any atom is -0.367 e. The molecule has 1 aliphatic rings. The topological polar surface area (TPSA) is 88.8 Å². The number of carbonyl (C=O) groups excluding carboxylic acids is 1. The van der Waals surface area contributed by atoms with E-state index in [-0.39, 0.29) is 18.1 Å². The van der Waals surface area contributed by atoms with E-state index in [1.807, 2.05) is 0 Å². The zero-order valence-electron chi connectivity index (χ0n) is 18.8. The largest absolute Gasteiger partial charge is 0.434 e. The number of hydrogen-bond donors (Lipinski definition) is 1. The molecule has 1 fully saturated rings. The lowest BCUT2D eigenvalue weighted by molar-refractivity contribution is -0.141. The number of amides is 1. The highest BCUT2D eigenvalue weighted by Crippen LogP contribution is 2.36. The Morgan fingerprint density at radius 2 is 2.00 bits per heavy atom. The van der Waals surface area contributed by atoms with Crippen LogP contribution in [0.1, 0.15) is 29.5 Å². The fourth-order valence-electron chi connectivity index (χ4n) is 4.17. The number of piperidine rings is 1. The maximum absolute atomic E-state index is 14.5. The number of halogens is 5. The smallest absolute Gasteiger partial charge is 0.367 e.